The molecule has 0 aliphatic rings. The molecule has 46 valence electrons. The van der Waals surface area contributed by atoms with Gasteiger partial charge >= 0.3 is 0 Å². The molecule has 0 aromatic rings. The molecule has 0 fully saturated rings. The summed E-state index contributed by atoms with van der Waals surface area (Å²) in [5, 5.41) is 0. The number of primary amides is 1. The fourth-order valence-corrected chi connectivity index (χ4v) is 0.246. The zero-order valence-corrected chi connectivity index (χ0v) is 5.06. The summed E-state index contributed by atoms with van der Waals surface area (Å²) in [5.41, 5.74) is 10.9. The molecule has 0 unspecified atom stereocenters. The molecule has 0 aromatic carbocycles. The zero-order valence-electron chi connectivity index (χ0n) is 5.06. The molecule has 0 radical (unpaired) electrons. The number of rotatable bonds is 1. The van der Waals surface area contributed by atoms with Gasteiger partial charge in [0.1, 0.15) is 0 Å². The fraction of sp³-hybridized carbons (Fsp3) is 0.400. The first-order valence-electron chi connectivity index (χ1n) is 2.28. The summed E-state index contributed by atoms with van der Waals surface area (Å²) in [7, 11) is 0. The second kappa shape index (κ2) is 2.35. The highest BCUT2D eigenvalue weighted by Crippen LogP contribution is 1.92. The van der Waals surface area contributed by atoms with E-state index < -0.39 is 5.91 Å². The molecular weight excluding hydrogens is 104 g/mol. The second-order valence-corrected chi connectivity index (χ2v) is 1.78. The number of carbonyl (C=O) groups is 1. The first-order chi connectivity index (χ1) is 3.55. The van der Waals surface area contributed by atoms with E-state index in [1.165, 1.54) is 0 Å². The smallest absolute Gasteiger partial charge is 0.264 e. The molecule has 0 spiro atoms. The summed E-state index contributed by atoms with van der Waals surface area (Å²) in [5.74, 6) is -0.551. The van der Waals surface area contributed by atoms with Crippen molar-refractivity contribution in [3.8, 4) is 0 Å². The first kappa shape index (κ1) is 7.01. The average Bonchev–Trinajstić information content (AvgIpc) is 1.64. The van der Waals surface area contributed by atoms with Crippen LogP contribution in [0, 0.1) is 0 Å². The third-order valence-electron chi connectivity index (χ3n) is 0.804. The largest absolute Gasteiger partial charge is 0.394 e. The molecule has 0 aliphatic heterocycles. The molecule has 0 saturated heterocycles. The molecule has 0 aliphatic carbocycles. The number of hydrogen-bond acceptors (Lipinski definition) is 2. The van der Waals surface area contributed by atoms with Gasteiger partial charge in [-0.3, -0.25) is 4.79 Å². The lowest BCUT2D eigenvalue weighted by atomic mass is 10.2. The van der Waals surface area contributed by atoms with E-state index in [1.54, 1.807) is 13.8 Å². The van der Waals surface area contributed by atoms with Gasteiger partial charge in [0.2, 0.25) is 0 Å². The summed E-state index contributed by atoms with van der Waals surface area (Å²) in [6, 6.07) is 0. The van der Waals surface area contributed by atoms with Crippen LogP contribution in [0.2, 0.25) is 0 Å². The molecular formula is C5H10N2O. The van der Waals surface area contributed by atoms with Gasteiger partial charge in [0.15, 0.2) is 0 Å². The maximum atomic E-state index is 10.2. The lowest BCUT2D eigenvalue weighted by Gasteiger charge is -1.94. The minimum atomic E-state index is -0.551. The van der Waals surface area contributed by atoms with E-state index in [4.69, 9.17) is 11.5 Å². The van der Waals surface area contributed by atoms with Crippen molar-refractivity contribution < 1.29 is 4.79 Å². The van der Waals surface area contributed by atoms with Crippen molar-refractivity contribution in [2.75, 3.05) is 0 Å². The van der Waals surface area contributed by atoms with Crippen molar-refractivity contribution in [3.05, 3.63) is 11.3 Å². The Bertz CT molecular complexity index is 133. The molecule has 3 heteroatoms. The zero-order chi connectivity index (χ0) is 6.73. The lowest BCUT2D eigenvalue weighted by Crippen LogP contribution is -2.21. The maximum Gasteiger partial charge on any atom is 0.264 e. The summed E-state index contributed by atoms with van der Waals surface area (Å²) in [4.78, 5) is 10.2. The van der Waals surface area contributed by atoms with Crippen LogP contribution in [-0.4, -0.2) is 5.91 Å². The van der Waals surface area contributed by atoms with Crippen molar-refractivity contribution in [3.63, 3.8) is 0 Å². The summed E-state index contributed by atoms with van der Waals surface area (Å²) >= 11 is 0. The standard InChI is InChI=1S/C5H10N2O/c1-3(2)4(6)5(7)8/h6H2,1-2H3,(H2,7,8). The Balaban J connectivity index is 4.23. The Kier molecular flexibility index (Phi) is 2.06. The number of carbonyl (C=O) groups excluding carboxylic acids is 1. The molecule has 8 heavy (non-hydrogen) atoms. The van der Waals surface area contributed by atoms with E-state index in [0.29, 0.717) is 0 Å². The van der Waals surface area contributed by atoms with Gasteiger partial charge in [0.05, 0.1) is 5.70 Å². The van der Waals surface area contributed by atoms with Crippen LogP contribution < -0.4 is 11.5 Å². The summed E-state index contributed by atoms with van der Waals surface area (Å²) in [6.07, 6.45) is 0. The van der Waals surface area contributed by atoms with Crippen LogP contribution in [0.1, 0.15) is 13.8 Å². The van der Waals surface area contributed by atoms with Crippen LogP contribution in [0.5, 0.6) is 0 Å². The normalized spacial score (nSPS) is 8.25. The second-order valence-electron chi connectivity index (χ2n) is 1.78. The molecule has 3 nitrogen and oxygen atoms in total. The lowest BCUT2D eigenvalue weighted by molar-refractivity contribution is -0.114. The van der Waals surface area contributed by atoms with Gasteiger partial charge in [-0.25, -0.2) is 0 Å². The highest BCUT2D eigenvalue weighted by Gasteiger charge is 1.97. The highest BCUT2D eigenvalue weighted by atomic mass is 16.1. The van der Waals surface area contributed by atoms with E-state index in [0.717, 1.165) is 5.57 Å². The van der Waals surface area contributed by atoms with Crippen LogP contribution in [0.3, 0.4) is 0 Å². The summed E-state index contributed by atoms with van der Waals surface area (Å²) in [6.45, 7) is 3.47. The third kappa shape index (κ3) is 1.64. The predicted octanol–water partition coefficient (Wildman–Crippen LogP) is -0.276. The monoisotopic (exact) mass is 114 g/mol. The fourth-order valence-electron chi connectivity index (χ4n) is 0.246. The van der Waals surface area contributed by atoms with Crippen LogP contribution in [0.15, 0.2) is 11.3 Å². The first-order valence-corrected chi connectivity index (χ1v) is 2.28. The van der Waals surface area contributed by atoms with Gasteiger partial charge in [-0.05, 0) is 19.4 Å². The maximum absolute atomic E-state index is 10.2. The Morgan fingerprint density at radius 1 is 1.25 bits per heavy atom. The topological polar surface area (TPSA) is 69.1 Å². The van der Waals surface area contributed by atoms with Gasteiger partial charge < -0.3 is 11.5 Å². The van der Waals surface area contributed by atoms with Crippen LogP contribution >= 0.6 is 0 Å². The average molecular weight is 114 g/mol. The Hall–Kier alpha value is -0.990. The quantitative estimate of drug-likeness (QED) is 0.460. The SMILES string of the molecule is CC(C)=C(N)C(N)=O. The van der Waals surface area contributed by atoms with Crippen molar-refractivity contribution in [1.29, 1.82) is 0 Å². The van der Waals surface area contributed by atoms with E-state index in [1.807, 2.05) is 0 Å². The minimum Gasteiger partial charge on any atom is -0.394 e. The Labute approximate surface area is 48.4 Å². The van der Waals surface area contributed by atoms with Crippen molar-refractivity contribution in [2.45, 2.75) is 13.8 Å². The Morgan fingerprint density at radius 2 is 1.62 bits per heavy atom. The van der Waals surface area contributed by atoms with Crippen molar-refractivity contribution >= 4 is 5.91 Å². The van der Waals surface area contributed by atoms with Crippen molar-refractivity contribution in [1.82, 2.24) is 0 Å². The minimum absolute atomic E-state index is 0.157. The molecule has 0 bridgehead atoms. The van der Waals surface area contributed by atoms with Gasteiger partial charge in [0.25, 0.3) is 5.91 Å². The molecule has 0 aromatic heterocycles. The van der Waals surface area contributed by atoms with E-state index in [-0.39, 0.29) is 5.70 Å². The van der Waals surface area contributed by atoms with E-state index in [2.05, 4.69) is 0 Å². The molecule has 0 saturated carbocycles. The molecule has 0 heterocycles. The number of nitrogens with two attached hydrogens (primary N) is 2. The number of allylic oxidation sites excluding steroid dienone is 1. The van der Waals surface area contributed by atoms with Gasteiger partial charge in [-0.15, -0.1) is 0 Å². The van der Waals surface area contributed by atoms with Gasteiger partial charge in [-0.2, -0.15) is 0 Å². The van der Waals surface area contributed by atoms with Crippen LogP contribution in [-0.2, 0) is 4.79 Å². The third-order valence-corrected chi connectivity index (χ3v) is 0.804. The summed E-state index contributed by atoms with van der Waals surface area (Å²) < 4.78 is 0. The van der Waals surface area contributed by atoms with E-state index in [9.17, 15) is 4.79 Å². The van der Waals surface area contributed by atoms with Crippen LogP contribution in [0.4, 0.5) is 0 Å². The molecule has 0 atom stereocenters. The molecule has 0 rings (SSSR count). The number of hydrogen-bond donors (Lipinski definition) is 2. The highest BCUT2D eigenvalue weighted by molar-refractivity contribution is 5.91. The molecule has 4 N–H and O–H groups in total. The van der Waals surface area contributed by atoms with Crippen molar-refractivity contribution in [2.24, 2.45) is 11.5 Å². The predicted molar refractivity (Wildman–Crippen MR) is 31.8 cm³/mol. The molecule has 1 amide bonds. The van der Waals surface area contributed by atoms with Crippen LogP contribution in [0.25, 0.3) is 0 Å². The van der Waals surface area contributed by atoms with E-state index >= 15 is 0 Å². The number of amides is 1. The van der Waals surface area contributed by atoms with Gasteiger partial charge in [-0.1, -0.05) is 0 Å². The van der Waals surface area contributed by atoms with Gasteiger partial charge in [0, 0.05) is 0 Å². The Morgan fingerprint density at radius 3 is 1.62 bits per heavy atom.